The molecular weight excluding hydrogens is 330 g/mol. The Morgan fingerprint density at radius 1 is 1.19 bits per heavy atom. The van der Waals surface area contributed by atoms with Gasteiger partial charge in [-0.15, -0.1) is 0 Å². The first-order valence-corrected chi connectivity index (χ1v) is 9.84. The molecule has 1 unspecified atom stereocenters. The van der Waals surface area contributed by atoms with Gasteiger partial charge >= 0.3 is 5.97 Å². The van der Waals surface area contributed by atoms with Gasteiger partial charge in [-0.3, -0.25) is 4.79 Å². The highest BCUT2D eigenvalue weighted by Crippen LogP contribution is 2.60. The number of ether oxygens (including phenoxy) is 2. The molecule has 4 aliphatic carbocycles. The van der Waals surface area contributed by atoms with Crippen LogP contribution in [0, 0.1) is 23.2 Å². The van der Waals surface area contributed by atoms with Crippen LogP contribution in [0.2, 0.25) is 0 Å². The molecule has 0 amide bonds. The third-order valence-corrected chi connectivity index (χ3v) is 6.49. The van der Waals surface area contributed by atoms with Gasteiger partial charge in [-0.05, 0) is 82.3 Å². The number of pyridine rings is 1. The second-order valence-corrected chi connectivity index (χ2v) is 8.40. The molecule has 1 aromatic heterocycles. The summed E-state index contributed by atoms with van der Waals surface area (Å²) >= 11 is 0. The number of carbonyl (C=O) groups excluding carboxylic acids is 2. The molecule has 140 valence electrons. The maximum absolute atomic E-state index is 13.2. The number of Topliss-reactive ketones (excluding diaryl/α,β-unsaturated/α-hetero) is 1. The number of aromatic nitrogens is 1. The second-order valence-electron chi connectivity index (χ2n) is 8.40. The van der Waals surface area contributed by atoms with E-state index in [9.17, 15) is 9.59 Å². The maximum atomic E-state index is 13.2. The van der Waals surface area contributed by atoms with Crippen LogP contribution in [0.25, 0.3) is 0 Å². The quantitative estimate of drug-likeness (QED) is 0.724. The first-order chi connectivity index (χ1) is 12.5. The number of carbonyl (C=O) groups is 2. The smallest absolute Gasteiger partial charge is 0.344 e. The summed E-state index contributed by atoms with van der Waals surface area (Å²) in [5.74, 6) is 1.91. The van der Waals surface area contributed by atoms with Gasteiger partial charge in [0.25, 0.3) is 0 Å². The molecule has 0 radical (unpaired) electrons. The topological polar surface area (TPSA) is 65.5 Å². The van der Waals surface area contributed by atoms with Crippen molar-refractivity contribution in [1.82, 2.24) is 4.98 Å². The third-order valence-electron chi connectivity index (χ3n) is 6.49. The lowest BCUT2D eigenvalue weighted by Gasteiger charge is -2.56. The number of rotatable bonds is 6. The van der Waals surface area contributed by atoms with Crippen LogP contribution in [0.1, 0.15) is 62.7 Å². The van der Waals surface area contributed by atoms with Crippen LogP contribution >= 0.6 is 0 Å². The summed E-state index contributed by atoms with van der Waals surface area (Å²) in [5.41, 5.74) is 0.0195. The van der Waals surface area contributed by atoms with Crippen molar-refractivity contribution in [1.29, 1.82) is 0 Å². The van der Waals surface area contributed by atoms with E-state index >= 15 is 0 Å². The van der Waals surface area contributed by atoms with Crippen LogP contribution in [0.15, 0.2) is 18.3 Å². The fourth-order valence-corrected chi connectivity index (χ4v) is 5.92. The molecule has 4 fully saturated rings. The molecule has 1 heterocycles. The SMILES string of the molecule is CCOc1ncccc1C(=O)OC(C)C(=O)C12CC3CC(CC(C3)C1)C2. The summed E-state index contributed by atoms with van der Waals surface area (Å²) in [6.45, 7) is 3.97. The summed E-state index contributed by atoms with van der Waals surface area (Å²) < 4.78 is 11.0. The zero-order valence-corrected chi connectivity index (χ0v) is 15.6. The lowest BCUT2D eigenvalue weighted by atomic mass is 9.48. The van der Waals surface area contributed by atoms with Crippen molar-refractivity contribution < 1.29 is 19.1 Å². The van der Waals surface area contributed by atoms with Gasteiger partial charge in [-0.2, -0.15) is 0 Å². The first kappa shape index (κ1) is 17.5. The second kappa shape index (κ2) is 6.67. The van der Waals surface area contributed by atoms with Crippen LogP contribution in [-0.4, -0.2) is 29.4 Å². The maximum Gasteiger partial charge on any atom is 0.344 e. The van der Waals surface area contributed by atoms with Crippen LogP contribution in [0.4, 0.5) is 0 Å². The molecule has 1 aromatic rings. The summed E-state index contributed by atoms with van der Waals surface area (Å²) in [5, 5.41) is 0. The van der Waals surface area contributed by atoms with Crippen molar-refractivity contribution in [3.8, 4) is 5.88 Å². The molecule has 0 aliphatic heterocycles. The van der Waals surface area contributed by atoms with Gasteiger partial charge in [0.2, 0.25) is 5.88 Å². The van der Waals surface area contributed by atoms with E-state index in [1.807, 2.05) is 6.92 Å². The highest BCUT2D eigenvalue weighted by Gasteiger charge is 2.55. The fourth-order valence-electron chi connectivity index (χ4n) is 5.92. The molecule has 4 aliphatic rings. The fraction of sp³-hybridized carbons (Fsp3) is 0.667. The minimum absolute atomic E-state index is 0.117. The number of esters is 1. The van der Waals surface area contributed by atoms with Crippen molar-refractivity contribution in [2.24, 2.45) is 23.2 Å². The Bertz CT molecular complexity index is 678. The standard InChI is InChI=1S/C21H27NO4/c1-3-25-19-17(5-4-6-22-19)20(24)26-13(2)18(23)21-10-14-7-15(11-21)9-16(8-14)12-21/h4-6,13-16H,3,7-12H2,1-2H3. The Kier molecular flexibility index (Phi) is 4.49. The Morgan fingerprint density at radius 2 is 1.81 bits per heavy atom. The van der Waals surface area contributed by atoms with Gasteiger partial charge in [0.05, 0.1) is 6.61 Å². The normalized spacial score (nSPS) is 32.9. The molecule has 26 heavy (non-hydrogen) atoms. The van der Waals surface area contributed by atoms with Crippen molar-refractivity contribution in [2.45, 2.75) is 58.5 Å². The minimum Gasteiger partial charge on any atom is -0.477 e. The van der Waals surface area contributed by atoms with Gasteiger partial charge < -0.3 is 9.47 Å². The molecule has 5 nitrogen and oxygen atoms in total. The van der Waals surface area contributed by atoms with E-state index in [0.29, 0.717) is 24.4 Å². The summed E-state index contributed by atoms with van der Waals surface area (Å²) in [6.07, 6.45) is 7.65. The molecular formula is C21H27NO4. The zero-order chi connectivity index (χ0) is 18.3. The van der Waals surface area contributed by atoms with Crippen LogP contribution < -0.4 is 4.74 Å². The number of hydrogen-bond acceptors (Lipinski definition) is 5. The van der Waals surface area contributed by atoms with E-state index in [4.69, 9.17) is 9.47 Å². The van der Waals surface area contributed by atoms with Crippen molar-refractivity contribution in [3.05, 3.63) is 23.9 Å². The third kappa shape index (κ3) is 3.01. The molecule has 5 rings (SSSR count). The molecule has 4 bridgehead atoms. The van der Waals surface area contributed by atoms with Gasteiger partial charge in [0.1, 0.15) is 5.56 Å². The van der Waals surface area contributed by atoms with E-state index in [1.165, 1.54) is 19.3 Å². The van der Waals surface area contributed by atoms with Crippen molar-refractivity contribution in [2.75, 3.05) is 6.61 Å². The highest BCUT2D eigenvalue weighted by molar-refractivity contribution is 5.96. The van der Waals surface area contributed by atoms with Crippen molar-refractivity contribution in [3.63, 3.8) is 0 Å². The van der Waals surface area contributed by atoms with Gasteiger partial charge in [0, 0.05) is 11.6 Å². The molecule has 0 aromatic carbocycles. The average Bonchev–Trinajstić information content (AvgIpc) is 2.60. The average molecular weight is 357 g/mol. The number of ketones is 1. The molecule has 1 atom stereocenters. The van der Waals surface area contributed by atoms with Gasteiger partial charge in [0.15, 0.2) is 11.9 Å². The Hall–Kier alpha value is -1.91. The predicted octanol–water partition coefficient (Wildman–Crippen LogP) is 3.81. The number of hydrogen-bond donors (Lipinski definition) is 0. The molecule has 5 heteroatoms. The highest BCUT2D eigenvalue weighted by atomic mass is 16.5. The van der Waals surface area contributed by atoms with Crippen LogP contribution in [0.5, 0.6) is 5.88 Å². The first-order valence-electron chi connectivity index (χ1n) is 9.84. The largest absolute Gasteiger partial charge is 0.477 e. The molecule has 0 spiro atoms. The van der Waals surface area contributed by atoms with Crippen LogP contribution in [-0.2, 0) is 9.53 Å². The van der Waals surface area contributed by atoms with E-state index in [2.05, 4.69) is 4.98 Å². The monoisotopic (exact) mass is 357 g/mol. The summed E-state index contributed by atoms with van der Waals surface area (Å²) in [7, 11) is 0. The van der Waals surface area contributed by atoms with Crippen LogP contribution in [0.3, 0.4) is 0 Å². The molecule has 0 N–H and O–H groups in total. The van der Waals surface area contributed by atoms with Gasteiger partial charge in [-0.1, -0.05) is 0 Å². The Labute approximate surface area is 154 Å². The molecule has 4 saturated carbocycles. The van der Waals surface area contributed by atoms with E-state index < -0.39 is 12.1 Å². The lowest BCUT2D eigenvalue weighted by molar-refractivity contribution is -0.152. The van der Waals surface area contributed by atoms with Gasteiger partial charge in [-0.25, -0.2) is 9.78 Å². The Morgan fingerprint density at radius 3 is 2.38 bits per heavy atom. The minimum atomic E-state index is -0.728. The molecule has 0 saturated heterocycles. The zero-order valence-electron chi connectivity index (χ0n) is 15.6. The Balaban J connectivity index is 1.47. The van der Waals surface area contributed by atoms with E-state index in [1.54, 1.807) is 25.3 Å². The van der Waals surface area contributed by atoms with E-state index in [0.717, 1.165) is 19.3 Å². The predicted molar refractivity (Wildman–Crippen MR) is 95.9 cm³/mol. The van der Waals surface area contributed by atoms with Crippen molar-refractivity contribution >= 4 is 11.8 Å². The van der Waals surface area contributed by atoms with E-state index in [-0.39, 0.29) is 22.6 Å². The number of nitrogens with zero attached hydrogens (tertiary/aromatic N) is 1. The summed E-state index contributed by atoms with van der Waals surface area (Å²) in [4.78, 5) is 29.9. The lowest BCUT2D eigenvalue weighted by Crippen LogP contribution is -2.52. The summed E-state index contributed by atoms with van der Waals surface area (Å²) in [6, 6.07) is 3.30.